The van der Waals surface area contributed by atoms with Gasteiger partial charge in [-0.3, -0.25) is 4.79 Å². The molecule has 1 heterocycles. The molecule has 0 spiro atoms. The largest absolute Gasteiger partial charge is 0.573 e. The van der Waals surface area contributed by atoms with Gasteiger partial charge in [-0.1, -0.05) is 0 Å². The third kappa shape index (κ3) is 2.93. The van der Waals surface area contributed by atoms with Crippen molar-refractivity contribution in [3.63, 3.8) is 0 Å². The maximum absolute atomic E-state index is 12.1. The van der Waals surface area contributed by atoms with Gasteiger partial charge in [0.25, 0.3) is 0 Å². The summed E-state index contributed by atoms with van der Waals surface area (Å²) in [5.41, 5.74) is 1.94. The van der Waals surface area contributed by atoms with Gasteiger partial charge in [0.2, 0.25) is 5.89 Å². The molecule has 4 nitrogen and oxygen atoms in total. The van der Waals surface area contributed by atoms with Gasteiger partial charge in [-0.05, 0) is 42.5 Å². The molecule has 3 aromatic rings. The van der Waals surface area contributed by atoms with E-state index in [0.29, 0.717) is 28.5 Å². The van der Waals surface area contributed by atoms with Crippen LogP contribution >= 0.6 is 0 Å². The van der Waals surface area contributed by atoms with Crippen molar-refractivity contribution in [1.82, 2.24) is 4.98 Å². The van der Waals surface area contributed by atoms with Crippen LogP contribution < -0.4 is 4.74 Å². The number of carbonyl (C=O) groups excluding carboxylic acids is 1. The molecule has 112 valence electrons. The summed E-state index contributed by atoms with van der Waals surface area (Å²) in [6.45, 7) is 0. The van der Waals surface area contributed by atoms with E-state index in [1.165, 1.54) is 24.3 Å². The number of hydrogen-bond acceptors (Lipinski definition) is 4. The van der Waals surface area contributed by atoms with Crippen molar-refractivity contribution in [3.8, 4) is 17.2 Å². The molecule has 1 aromatic heterocycles. The van der Waals surface area contributed by atoms with Crippen molar-refractivity contribution in [2.75, 3.05) is 0 Å². The van der Waals surface area contributed by atoms with Gasteiger partial charge in [-0.15, -0.1) is 13.2 Å². The van der Waals surface area contributed by atoms with Gasteiger partial charge in [0.05, 0.1) is 0 Å². The van der Waals surface area contributed by atoms with Crippen molar-refractivity contribution in [2.45, 2.75) is 6.36 Å². The highest BCUT2D eigenvalue weighted by Crippen LogP contribution is 2.28. The van der Waals surface area contributed by atoms with Crippen molar-refractivity contribution >= 4 is 17.4 Å². The van der Waals surface area contributed by atoms with E-state index in [2.05, 4.69) is 9.72 Å². The number of alkyl halides is 3. The fourth-order valence-electron chi connectivity index (χ4n) is 1.94. The molecule has 0 unspecified atom stereocenters. The smallest absolute Gasteiger partial charge is 0.436 e. The molecule has 0 aliphatic heterocycles. The molecule has 0 bridgehead atoms. The maximum atomic E-state index is 12.1. The zero-order valence-corrected chi connectivity index (χ0v) is 10.9. The van der Waals surface area contributed by atoms with Crippen LogP contribution in [0.4, 0.5) is 13.2 Å². The number of hydrogen-bond donors (Lipinski definition) is 0. The lowest BCUT2D eigenvalue weighted by atomic mass is 10.2. The minimum absolute atomic E-state index is 0.247. The monoisotopic (exact) mass is 307 g/mol. The summed E-state index contributed by atoms with van der Waals surface area (Å²) in [5, 5.41) is 0. The Balaban J connectivity index is 1.92. The Morgan fingerprint density at radius 2 is 1.82 bits per heavy atom. The number of nitrogens with zero attached hydrogens (tertiary/aromatic N) is 1. The zero-order valence-electron chi connectivity index (χ0n) is 10.9. The lowest BCUT2D eigenvalue weighted by Gasteiger charge is -2.08. The molecule has 0 saturated carbocycles. The van der Waals surface area contributed by atoms with E-state index in [4.69, 9.17) is 4.42 Å². The molecule has 0 radical (unpaired) electrons. The first-order valence-corrected chi connectivity index (χ1v) is 6.16. The Hall–Kier alpha value is -2.83. The molecule has 0 aliphatic carbocycles. The van der Waals surface area contributed by atoms with Crippen molar-refractivity contribution in [2.24, 2.45) is 0 Å². The van der Waals surface area contributed by atoms with Crippen LogP contribution in [0.15, 0.2) is 46.9 Å². The van der Waals surface area contributed by atoms with Crippen molar-refractivity contribution in [3.05, 3.63) is 48.0 Å². The van der Waals surface area contributed by atoms with E-state index in [9.17, 15) is 18.0 Å². The molecule has 0 saturated heterocycles. The topological polar surface area (TPSA) is 52.3 Å². The molecule has 22 heavy (non-hydrogen) atoms. The molecule has 7 heteroatoms. The highest BCUT2D eigenvalue weighted by atomic mass is 19.4. The van der Waals surface area contributed by atoms with E-state index >= 15 is 0 Å². The Labute approximate surface area is 122 Å². The average molecular weight is 307 g/mol. The second-order valence-electron chi connectivity index (χ2n) is 4.44. The summed E-state index contributed by atoms with van der Waals surface area (Å²) in [6.07, 6.45) is -4.04. The van der Waals surface area contributed by atoms with Gasteiger partial charge in [-0.25, -0.2) is 4.98 Å². The minimum atomic E-state index is -4.73. The van der Waals surface area contributed by atoms with Crippen LogP contribution in [0.5, 0.6) is 5.75 Å². The van der Waals surface area contributed by atoms with Crippen molar-refractivity contribution < 1.29 is 27.1 Å². The van der Waals surface area contributed by atoms with Gasteiger partial charge in [-0.2, -0.15) is 0 Å². The summed E-state index contributed by atoms with van der Waals surface area (Å²) in [7, 11) is 0. The Morgan fingerprint density at radius 1 is 1.09 bits per heavy atom. The van der Waals surface area contributed by atoms with Crippen molar-refractivity contribution in [1.29, 1.82) is 0 Å². The molecule has 0 amide bonds. The molecule has 0 N–H and O–H groups in total. The van der Waals surface area contributed by atoms with Crippen LogP contribution in [-0.4, -0.2) is 17.6 Å². The Bertz CT molecular complexity index is 822. The molecular weight excluding hydrogens is 299 g/mol. The summed E-state index contributed by atoms with van der Waals surface area (Å²) in [4.78, 5) is 14.9. The van der Waals surface area contributed by atoms with Crippen LogP contribution in [0, 0.1) is 0 Å². The second kappa shape index (κ2) is 5.18. The first-order valence-electron chi connectivity index (χ1n) is 6.16. The minimum Gasteiger partial charge on any atom is -0.436 e. The number of aromatic nitrogens is 1. The zero-order chi connectivity index (χ0) is 15.7. The van der Waals surface area contributed by atoms with E-state index < -0.39 is 6.36 Å². The summed E-state index contributed by atoms with van der Waals surface area (Å²) in [6, 6.07) is 9.93. The number of ether oxygens (including phenoxy) is 1. The SMILES string of the molecule is O=Cc1ccc2oc(-c3ccc(OC(F)(F)F)cc3)nc2c1. The first kappa shape index (κ1) is 14.1. The quantitative estimate of drug-likeness (QED) is 0.680. The van der Waals surface area contributed by atoms with E-state index in [-0.39, 0.29) is 11.6 Å². The normalized spacial score (nSPS) is 11.6. The third-order valence-corrected chi connectivity index (χ3v) is 2.88. The number of halogens is 3. The van der Waals surface area contributed by atoms with E-state index in [1.54, 1.807) is 18.2 Å². The van der Waals surface area contributed by atoms with Gasteiger partial charge < -0.3 is 9.15 Å². The molecule has 2 aromatic carbocycles. The number of benzene rings is 2. The van der Waals surface area contributed by atoms with Crippen LogP contribution in [0.25, 0.3) is 22.6 Å². The van der Waals surface area contributed by atoms with Crippen LogP contribution in [0.1, 0.15) is 10.4 Å². The first-order chi connectivity index (χ1) is 10.4. The lowest BCUT2D eigenvalue weighted by Crippen LogP contribution is -2.16. The second-order valence-corrected chi connectivity index (χ2v) is 4.44. The molecule has 0 aliphatic rings. The van der Waals surface area contributed by atoms with Crippen LogP contribution in [0.3, 0.4) is 0 Å². The van der Waals surface area contributed by atoms with E-state index in [1.807, 2.05) is 0 Å². The molecular formula is C15H8F3NO3. The molecule has 0 atom stereocenters. The van der Waals surface area contributed by atoms with Gasteiger partial charge >= 0.3 is 6.36 Å². The van der Waals surface area contributed by atoms with Gasteiger partial charge in [0, 0.05) is 11.1 Å². The molecule has 0 fully saturated rings. The third-order valence-electron chi connectivity index (χ3n) is 2.88. The lowest BCUT2D eigenvalue weighted by molar-refractivity contribution is -0.274. The predicted octanol–water partition coefficient (Wildman–Crippen LogP) is 4.21. The van der Waals surface area contributed by atoms with Gasteiger partial charge in [0.1, 0.15) is 17.6 Å². The number of carbonyl (C=O) groups is 1. The Kier molecular flexibility index (Phi) is 3.32. The average Bonchev–Trinajstić information content (AvgIpc) is 2.89. The van der Waals surface area contributed by atoms with Crippen LogP contribution in [-0.2, 0) is 0 Å². The standard InChI is InChI=1S/C15H8F3NO3/c16-15(17,18)22-11-4-2-10(3-5-11)14-19-12-7-9(8-20)1-6-13(12)21-14/h1-8H. The molecule has 3 rings (SSSR count). The fraction of sp³-hybridized carbons (Fsp3) is 0.0667. The van der Waals surface area contributed by atoms with E-state index in [0.717, 1.165) is 0 Å². The Morgan fingerprint density at radius 3 is 2.45 bits per heavy atom. The highest BCUT2D eigenvalue weighted by molar-refractivity contribution is 5.84. The maximum Gasteiger partial charge on any atom is 0.573 e. The van der Waals surface area contributed by atoms with Gasteiger partial charge in [0.15, 0.2) is 5.58 Å². The number of fused-ring (bicyclic) bond motifs is 1. The predicted molar refractivity (Wildman–Crippen MR) is 71.5 cm³/mol. The number of rotatable bonds is 3. The highest BCUT2D eigenvalue weighted by Gasteiger charge is 2.31. The fourth-order valence-corrected chi connectivity index (χ4v) is 1.94. The summed E-state index contributed by atoms with van der Waals surface area (Å²) in [5.74, 6) is -0.0767. The summed E-state index contributed by atoms with van der Waals surface area (Å²) < 4.78 is 45.6. The van der Waals surface area contributed by atoms with Crippen LogP contribution in [0.2, 0.25) is 0 Å². The summed E-state index contributed by atoms with van der Waals surface area (Å²) >= 11 is 0. The number of aldehydes is 1. The number of oxazole rings is 1.